The largest absolute Gasteiger partial charge is 0.481 e. The van der Waals surface area contributed by atoms with Gasteiger partial charge in [-0.3, -0.25) is 9.59 Å². The van der Waals surface area contributed by atoms with Crippen molar-refractivity contribution in [2.24, 2.45) is 17.8 Å². The van der Waals surface area contributed by atoms with E-state index in [1.165, 1.54) is 19.3 Å². The molecule has 1 aliphatic carbocycles. The Kier molecular flexibility index (Phi) is 5.66. The summed E-state index contributed by atoms with van der Waals surface area (Å²) >= 11 is 0. The molecule has 1 aliphatic rings. The highest BCUT2D eigenvalue weighted by Gasteiger charge is 2.28. The summed E-state index contributed by atoms with van der Waals surface area (Å²) in [5.74, 6) is -0.0286. The third-order valence-electron chi connectivity index (χ3n) is 3.86. The van der Waals surface area contributed by atoms with E-state index in [9.17, 15) is 9.59 Å². The van der Waals surface area contributed by atoms with E-state index in [-0.39, 0.29) is 24.0 Å². The van der Waals surface area contributed by atoms with Crippen LogP contribution in [0, 0.1) is 17.8 Å². The van der Waals surface area contributed by atoms with Crippen molar-refractivity contribution >= 4 is 11.8 Å². The minimum absolute atomic E-state index is 0.0230. The molecule has 1 rings (SSSR count). The van der Waals surface area contributed by atoms with Crippen LogP contribution >= 0.6 is 0 Å². The van der Waals surface area contributed by atoms with Crippen LogP contribution in [0.25, 0.3) is 0 Å². The number of carbonyl (C=O) groups excluding carboxylic acids is 1. The topological polar surface area (TPSA) is 54.4 Å². The first kappa shape index (κ1) is 14.2. The third kappa shape index (κ3) is 4.88. The lowest BCUT2D eigenvalue weighted by atomic mass is 9.75. The third-order valence-corrected chi connectivity index (χ3v) is 3.86. The molecular weight excluding hydrogens is 216 g/mol. The second-order valence-electron chi connectivity index (χ2n) is 5.58. The van der Waals surface area contributed by atoms with Gasteiger partial charge in [-0.05, 0) is 11.8 Å². The summed E-state index contributed by atoms with van der Waals surface area (Å²) in [6, 6.07) is 0. The van der Waals surface area contributed by atoms with Gasteiger partial charge in [0.1, 0.15) is 5.78 Å². The number of ketones is 1. The molecule has 0 aromatic rings. The monoisotopic (exact) mass is 240 g/mol. The van der Waals surface area contributed by atoms with Crippen molar-refractivity contribution in [1.82, 2.24) is 0 Å². The normalized spacial score (nSPS) is 19.2. The second-order valence-corrected chi connectivity index (χ2v) is 5.58. The van der Waals surface area contributed by atoms with E-state index >= 15 is 0 Å². The van der Waals surface area contributed by atoms with Crippen molar-refractivity contribution in [2.75, 3.05) is 0 Å². The lowest BCUT2D eigenvalue weighted by Crippen LogP contribution is -2.25. The van der Waals surface area contributed by atoms with Crippen LogP contribution in [0.2, 0.25) is 0 Å². The van der Waals surface area contributed by atoms with E-state index in [4.69, 9.17) is 5.11 Å². The molecule has 1 saturated carbocycles. The van der Waals surface area contributed by atoms with Crippen LogP contribution in [0.3, 0.4) is 0 Å². The van der Waals surface area contributed by atoms with Gasteiger partial charge in [0, 0.05) is 18.8 Å². The lowest BCUT2D eigenvalue weighted by molar-refractivity contribution is -0.139. The quantitative estimate of drug-likeness (QED) is 0.775. The first-order chi connectivity index (χ1) is 8.00. The van der Waals surface area contributed by atoms with Crippen LogP contribution < -0.4 is 0 Å². The summed E-state index contributed by atoms with van der Waals surface area (Å²) in [7, 11) is 0. The predicted octanol–water partition coefficient (Wildman–Crippen LogP) is 3.27. The molecule has 3 nitrogen and oxygen atoms in total. The summed E-state index contributed by atoms with van der Waals surface area (Å²) in [5.41, 5.74) is 0. The average molecular weight is 240 g/mol. The second kappa shape index (κ2) is 6.77. The van der Waals surface area contributed by atoms with Crippen LogP contribution in [0.5, 0.6) is 0 Å². The molecule has 0 heterocycles. The number of Topliss-reactive ketones (excluding diaryl/α,β-unsaturated/α-hetero) is 1. The Bertz CT molecular complexity index is 265. The minimum Gasteiger partial charge on any atom is -0.481 e. The van der Waals surface area contributed by atoms with Gasteiger partial charge < -0.3 is 5.11 Å². The van der Waals surface area contributed by atoms with Gasteiger partial charge in [0.15, 0.2) is 0 Å². The summed E-state index contributed by atoms with van der Waals surface area (Å²) in [5, 5.41) is 8.95. The molecule has 0 aliphatic heterocycles. The fourth-order valence-corrected chi connectivity index (χ4v) is 2.73. The Morgan fingerprint density at radius 2 is 1.71 bits per heavy atom. The zero-order valence-corrected chi connectivity index (χ0v) is 10.9. The zero-order chi connectivity index (χ0) is 12.8. The van der Waals surface area contributed by atoms with Gasteiger partial charge in [-0.2, -0.15) is 0 Å². The number of aliphatic carboxylic acids is 1. The van der Waals surface area contributed by atoms with E-state index in [0.29, 0.717) is 12.3 Å². The van der Waals surface area contributed by atoms with Crippen LogP contribution in [-0.2, 0) is 9.59 Å². The summed E-state index contributed by atoms with van der Waals surface area (Å²) < 4.78 is 0. The molecule has 0 saturated heterocycles. The van der Waals surface area contributed by atoms with Crippen LogP contribution in [0.4, 0.5) is 0 Å². The molecule has 3 heteroatoms. The van der Waals surface area contributed by atoms with Crippen molar-refractivity contribution in [1.29, 1.82) is 0 Å². The van der Waals surface area contributed by atoms with Gasteiger partial charge in [0.05, 0.1) is 0 Å². The number of hydrogen-bond acceptors (Lipinski definition) is 2. The number of rotatable bonds is 6. The molecule has 0 radical (unpaired) electrons. The Morgan fingerprint density at radius 3 is 2.18 bits per heavy atom. The molecule has 1 N–H and O–H groups in total. The molecule has 1 atom stereocenters. The maximum absolute atomic E-state index is 11.8. The Morgan fingerprint density at radius 1 is 1.12 bits per heavy atom. The number of hydrogen-bond donors (Lipinski definition) is 1. The van der Waals surface area contributed by atoms with E-state index in [0.717, 1.165) is 12.8 Å². The molecule has 1 fully saturated rings. The van der Waals surface area contributed by atoms with Gasteiger partial charge >= 0.3 is 5.97 Å². The van der Waals surface area contributed by atoms with Crippen molar-refractivity contribution in [3.05, 3.63) is 0 Å². The molecule has 0 bridgehead atoms. The van der Waals surface area contributed by atoms with Crippen LogP contribution in [0.1, 0.15) is 58.8 Å². The van der Waals surface area contributed by atoms with Gasteiger partial charge in [0.25, 0.3) is 0 Å². The number of carbonyl (C=O) groups is 2. The van der Waals surface area contributed by atoms with Crippen molar-refractivity contribution in [3.8, 4) is 0 Å². The summed E-state index contributed by atoms with van der Waals surface area (Å²) in [6.07, 6.45) is 6.45. The highest BCUT2D eigenvalue weighted by molar-refractivity contribution is 5.81. The molecule has 0 spiro atoms. The molecule has 0 aromatic heterocycles. The molecule has 17 heavy (non-hydrogen) atoms. The van der Waals surface area contributed by atoms with E-state index in [1.807, 2.05) is 13.8 Å². The summed E-state index contributed by atoms with van der Waals surface area (Å²) in [6.45, 7) is 3.78. The first-order valence-electron chi connectivity index (χ1n) is 6.75. The summed E-state index contributed by atoms with van der Waals surface area (Å²) in [4.78, 5) is 22.7. The minimum atomic E-state index is -0.767. The predicted molar refractivity (Wildman–Crippen MR) is 66.8 cm³/mol. The van der Waals surface area contributed by atoms with E-state index < -0.39 is 5.97 Å². The van der Waals surface area contributed by atoms with E-state index in [2.05, 4.69) is 0 Å². The zero-order valence-electron chi connectivity index (χ0n) is 10.9. The Hall–Kier alpha value is -0.860. The fraction of sp³-hybridized carbons (Fsp3) is 0.857. The SMILES string of the molecule is CC(C)C(=O)CC(CC(=O)O)C1CCCCC1. The maximum Gasteiger partial charge on any atom is 0.303 e. The van der Waals surface area contributed by atoms with Crippen molar-refractivity contribution in [3.63, 3.8) is 0 Å². The first-order valence-corrected chi connectivity index (χ1v) is 6.75. The standard InChI is InChI=1S/C14H24O3/c1-10(2)13(15)8-12(9-14(16)17)11-6-4-3-5-7-11/h10-12H,3-9H2,1-2H3,(H,16,17). The van der Waals surface area contributed by atoms with Gasteiger partial charge in [-0.25, -0.2) is 0 Å². The van der Waals surface area contributed by atoms with Crippen molar-refractivity contribution < 1.29 is 14.7 Å². The van der Waals surface area contributed by atoms with Gasteiger partial charge in [-0.1, -0.05) is 46.0 Å². The Labute approximate surface area is 104 Å². The maximum atomic E-state index is 11.8. The highest BCUT2D eigenvalue weighted by atomic mass is 16.4. The molecule has 98 valence electrons. The smallest absolute Gasteiger partial charge is 0.303 e. The van der Waals surface area contributed by atoms with Gasteiger partial charge in [-0.15, -0.1) is 0 Å². The van der Waals surface area contributed by atoms with Crippen molar-refractivity contribution in [2.45, 2.75) is 58.8 Å². The van der Waals surface area contributed by atoms with Gasteiger partial charge in [0.2, 0.25) is 0 Å². The molecule has 0 amide bonds. The van der Waals surface area contributed by atoms with Crippen LogP contribution in [-0.4, -0.2) is 16.9 Å². The molecular formula is C14H24O3. The van der Waals surface area contributed by atoms with Crippen LogP contribution in [0.15, 0.2) is 0 Å². The van der Waals surface area contributed by atoms with E-state index in [1.54, 1.807) is 0 Å². The fourth-order valence-electron chi connectivity index (χ4n) is 2.73. The molecule has 1 unspecified atom stereocenters. The number of carboxylic acids is 1. The highest BCUT2D eigenvalue weighted by Crippen LogP contribution is 2.34. The number of carboxylic acid groups (broad SMARTS) is 1. The average Bonchev–Trinajstić information content (AvgIpc) is 2.28. The molecule has 0 aromatic carbocycles. The lowest BCUT2D eigenvalue weighted by Gasteiger charge is -2.29. The Balaban J connectivity index is 2.58.